The van der Waals surface area contributed by atoms with E-state index in [9.17, 15) is 0 Å². The first-order valence-corrected chi connectivity index (χ1v) is 7.46. The zero-order valence-electron chi connectivity index (χ0n) is 9.56. The summed E-state index contributed by atoms with van der Waals surface area (Å²) in [6, 6.07) is 9.55. The molecule has 96 valence electrons. The number of hydrogen-bond acceptors (Lipinski definition) is 4. The summed E-state index contributed by atoms with van der Waals surface area (Å²) < 4.78 is 6.19. The smallest absolute Gasteiger partial charge is 0.177 e. The second kappa shape index (κ2) is 5.00. The standard InChI is InChI=1S/C13H8BrClN2OS/c14-8-4-3-7(6-9(8)15)12-11(13(16)17-18-12)10-2-1-5-19-10/h1-6H,(H2,16,17). The zero-order chi connectivity index (χ0) is 13.4. The van der Waals surface area contributed by atoms with Crippen LogP contribution in [0, 0.1) is 0 Å². The van der Waals surface area contributed by atoms with Gasteiger partial charge in [0.05, 0.1) is 10.6 Å². The number of benzene rings is 1. The number of anilines is 1. The first kappa shape index (κ1) is 12.7. The van der Waals surface area contributed by atoms with E-state index < -0.39 is 0 Å². The van der Waals surface area contributed by atoms with Crippen LogP contribution in [0.1, 0.15) is 0 Å². The van der Waals surface area contributed by atoms with Gasteiger partial charge in [-0.1, -0.05) is 22.8 Å². The van der Waals surface area contributed by atoms with Gasteiger partial charge in [-0.25, -0.2) is 0 Å². The van der Waals surface area contributed by atoms with Crippen LogP contribution in [-0.2, 0) is 0 Å². The highest BCUT2D eigenvalue weighted by Gasteiger charge is 2.18. The highest BCUT2D eigenvalue weighted by atomic mass is 79.9. The van der Waals surface area contributed by atoms with Crippen LogP contribution >= 0.6 is 38.9 Å². The van der Waals surface area contributed by atoms with Gasteiger partial charge in [0.15, 0.2) is 11.6 Å². The second-order valence-electron chi connectivity index (χ2n) is 3.88. The van der Waals surface area contributed by atoms with E-state index in [2.05, 4.69) is 21.1 Å². The highest BCUT2D eigenvalue weighted by Crippen LogP contribution is 2.40. The van der Waals surface area contributed by atoms with E-state index >= 15 is 0 Å². The quantitative estimate of drug-likeness (QED) is 0.698. The lowest BCUT2D eigenvalue weighted by atomic mass is 10.1. The number of thiophene rings is 1. The first-order valence-electron chi connectivity index (χ1n) is 5.41. The van der Waals surface area contributed by atoms with Gasteiger partial charge < -0.3 is 10.3 Å². The van der Waals surface area contributed by atoms with Crippen LogP contribution in [0.4, 0.5) is 5.82 Å². The molecule has 2 heterocycles. The SMILES string of the molecule is Nc1noc(-c2ccc(Br)c(Cl)c2)c1-c1cccs1. The number of hydrogen-bond donors (Lipinski definition) is 1. The van der Waals surface area contributed by atoms with Gasteiger partial charge in [-0.05, 0) is 45.6 Å². The molecule has 0 radical (unpaired) electrons. The molecule has 2 aromatic heterocycles. The third-order valence-corrected chi connectivity index (χ3v) is 4.79. The molecule has 0 spiro atoms. The molecule has 0 fully saturated rings. The van der Waals surface area contributed by atoms with Crippen molar-refractivity contribution < 1.29 is 4.52 Å². The van der Waals surface area contributed by atoms with Crippen LogP contribution in [0.3, 0.4) is 0 Å². The fraction of sp³-hybridized carbons (Fsp3) is 0. The predicted molar refractivity (Wildman–Crippen MR) is 82.4 cm³/mol. The largest absolute Gasteiger partial charge is 0.380 e. The zero-order valence-corrected chi connectivity index (χ0v) is 12.7. The second-order valence-corrected chi connectivity index (χ2v) is 6.09. The van der Waals surface area contributed by atoms with Gasteiger partial charge in [-0.2, -0.15) is 0 Å². The third-order valence-electron chi connectivity index (χ3n) is 2.67. The Morgan fingerprint density at radius 1 is 1.32 bits per heavy atom. The van der Waals surface area contributed by atoms with Crippen molar-refractivity contribution in [1.82, 2.24) is 5.16 Å². The molecule has 3 rings (SSSR count). The van der Waals surface area contributed by atoms with Gasteiger partial charge >= 0.3 is 0 Å². The number of halogens is 2. The van der Waals surface area contributed by atoms with Crippen LogP contribution in [0.15, 0.2) is 44.7 Å². The Labute approximate surface area is 127 Å². The number of aromatic nitrogens is 1. The van der Waals surface area contributed by atoms with E-state index in [1.54, 1.807) is 11.3 Å². The molecule has 0 bridgehead atoms. The lowest BCUT2D eigenvalue weighted by molar-refractivity contribution is 0.436. The summed E-state index contributed by atoms with van der Waals surface area (Å²) in [5, 5.41) is 6.46. The van der Waals surface area contributed by atoms with Crippen molar-refractivity contribution in [3.8, 4) is 21.8 Å². The van der Waals surface area contributed by atoms with E-state index in [1.165, 1.54) is 0 Å². The van der Waals surface area contributed by atoms with Crippen molar-refractivity contribution in [3.05, 3.63) is 45.2 Å². The molecule has 19 heavy (non-hydrogen) atoms. The topological polar surface area (TPSA) is 52.0 Å². The van der Waals surface area contributed by atoms with Gasteiger partial charge in [-0.15, -0.1) is 11.3 Å². The molecule has 0 saturated heterocycles. The van der Waals surface area contributed by atoms with Crippen molar-refractivity contribution in [1.29, 1.82) is 0 Å². The maximum Gasteiger partial charge on any atom is 0.177 e. The molecule has 0 aliphatic carbocycles. The average molecular weight is 356 g/mol. The van der Waals surface area contributed by atoms with Crippen molar-refractivity contribution in [2.45, 2.75) is 0 Å². The molecule has 0 aliphatic rings. The minimum Gasteiger partial charge on any atom is -0.380 e. The molecule has 0 atom stereocenters. The number of nitrogens with two attached hydrogens (primary N) is 1. The van der Waals surface area contributed by atoms with Gasteiger partial charge in [0, 0.05) is 14.9 Å². The molecule has 2 N–H and O–H groups in total. The molecular formula is C13H8BrClN2OS. The van der Waals surface area contributed by atoms with Crippen molar-refractivity contribution in [3.63, 3.8) is 0 Å². The number of rotatable bonds is 2. The molecule has 0 unspecified atom stereocenters. The Hall–Kier alpha value is -1.30. The summed E-state index contributed by atoms with van der Waals surface area (Å²) in [4.78, 5) is 1.02. The molecule has 3 nitrogen and oxygen atoms in total. The summed E-state index contributed by atoms with van der Waals surface area (Å²) in [6.45, 7) is 0. The maximum absolute atomic E-state index is 6.11. The fourth-order valence-corrected chi connectivity index (χ4v) is 3.00. The lowest BCUT2D eigenvalue weighted by Crippen LogP contribution is -1.87. The van der Waals surface area contributed by atoms with Crippen LogP contribution in [0.2, 0.25) is 5.02 Å². The van der Waals surface area contributed by atoms with E-state index in [0.29, 0.717) is 16.6 Å². The summed E-state index contributed by atoms with van der Waals surface area (Å²) in [7, 11) is 0. The van der Waals surface area contributed by atoms with Crippen molar-refractivity contribution in [2.75, 3.05) is 5.73 Å². The van der Waals surface area contributed by atoms with Gasteiger partial charge in [-0.3, -0.25) is 0 Å². The van der Waals surface area contributed by atoms with E-state index in [1.807, 2.05) is 35.7 Å². The average Bonchev–Trinajstić information content (AvgIpc) is 3.01. The Balaban J connectivity index is 2.18. The third kappa shape index (κ3) is 2.29. The van der Waals surface area contributed by atoms with E-state index in [-0.39, 0.29) is 0 Å². The summed E-state index contributed by atoms with van der Waals surface area (Å²) in [5.74, 6) is 1.02. The Bertz CT molecular complexity index is 724. The molecule has 1 aromatic carbocycles. The van der Waals surface area contributed by atoms with Crippen LogP contribution in [0.25, 0.3) is 21.8 Å². The molecular weight excluding hydrogens is 348 g/mol. The molecule has 0 saturated carbocycles. The van der Waals surface area contributed by atoms with Crippen LogP contribution in [-0.4, -0.2) is 5.16 Å². The molecule has 3 aromatic rings. The van der Waals surface area contributed by atoms with Gasteiger partial charge in [0.25, 0.3) is 0 Å². The minimum absolute atomic E-state index is 0.386. The normalized spacial score (nSPS) is 10.8. The summed E-state index contributed by atoms with van der Waals surface area (Å²) in [6.07, 6.45) is 0. The van der Waals surface area contributed by atoms with Crippen molar-refractivity contribution in [2.24, 2.45) is 0 Å². The molecule has 6 heteroatoms. The number of nitrogens with zero attached hydrogens (tertiary/aromatic N) is 1. The van der Waals surface area contributed by atoms with Gasteiger partial charge in [0.2, 0.25) is 0 Å². The van der Waals surface area contributed by atoms with Crippen LogP contribution < -0.4 is 5.73 Å². The monoisotopic (exact) mass is 354 g/mol. The minimum atomic E-state index is 0.386. The predicted octanol–water partition coefficient (Wildman–Crippen LogP) is 5.07. The fourth-order valence-electron chi connectivity index (χ4n) is 1.80. The Morgan fingerprint density at radius 2 is 2.16 bits per heavy atom. The Kier molecular flexibility index (Phi) is 3.35. The summed E-state index contributed by atoms with van der Waals surface area (Å²) >= 11 is 11.1. The molecule has 0 amide bonds. The lowest BCUT2D eigenvalue weighted by Gasteiger charge is -2.02. The van der Waals surface area contributed by atoms with Crippen LogP contribution in [0.5, 0.6) is 0 Å². The van der Waals surface area contributed by atoms with Gasteiger partial charge in [0.1, 0.15) is 0 Å². The summed E-state index contributed by atoms with van der Waals surface area (Å²) in [5.41, 5.74) is 7.56. The Morgan fingerprint density at radius 3 is 2.84 bits per heavy atom. The van der Waals surface area contributed by atoms with E-state index in [4.69, 9.17) is 21.9 Å². The maximum atomic E-state index is 6.11. The number of nitrogen functional groups attached to an aromatic ring is 1. The highest BCUT2D eigenvalue weighted by molar-refractivity contribution is 9.10. The first-order chi connectivity index (χ1) is 9.16. The van der Waals surface area contributed by atoms with E-state index in [0.717, 1.165) is 20.5 Å². The molecule has 0 aliphatic heterocycles. The van der Waals surface area contributed by atoms with Crippen molar-refractivity contribution >= 4 is 44.7 Å².